The Balaban J connectivity index is 2.22. The number of thioether (sulfide) groups is 1. The Hall–Kier alpha value is -2.54. The molecule has 6 nitrogen and oxygen atoms in total. The molecule has 7 heteroatoms. The lowest BCUT2D eigenvalue weighted by molar-refractivity contribution is 0.0997. The highest BCUT2D eigenvalue weighted by molar-refractivity contribution is 7.99. The molecule has 132 valence electrons. The fraction of sp³-hybridized carbons (Fsp3) is 0.278. The molecule has 0 fully saturated rings. The summed E-state index contributed by atoms with van der Waals surface area (Å²) in [5.74, 6) is -0.159. The van der Waals surface area contributed by atoms with Crippen molar-refractivity contribution in [1.82, 2.24) is 4.98 Å². The number of anilines is 2. The Morgan fingerprint density at radius 2 is 1.88 bits per heavy atom. The van der Waals surface area contributed by atoms with E-state index < -0.39 is 11.8 Å². The number of hydrogen-bond donors (Lipinski definition) is 3. The lowest BCUT2D eigenvalue weighted by Crippen LogP contribution is -2.19. The zero-order chi connectivity index (χ0) is 18.2. The van der Waals surface area contributed by atoms with E-state index in [4.69, 9.17) is 11.5 Å². The summed E-state index contributed by atoms with van der Waals surface area (Å²) in [5, 5.41) is 3.20. The first kappa shape index (κ1) is 18.8. The van der Waals surface area contributed by atoms with Crippen molar-refractivity contribution in [3.05, 3.63) is 47.5 Å². The van der Waals surface area contributed by atoms with Crippen LogP contribution in [0.15, 0.2) is 41.4 Å². The maximum absolute atomic E-state index is 12.4. The number of amides is 2. The van der Waals surface area contributed by atoms with Crippen molar-refractivity contribution >= 4 is 35.1 Å². The predicted octanol–water partition coefficient (Wildman–Crippen LogP) is 3.30. The van der Waals surface area contributed by atoms with Crippen molar-refractivity contribution in [2.75, 3.05) is 16.8 Å². The van der Waals surface area contributed by atoms with Crippen LogP contribution in [0.2, 0.25) is 0 Å². The zero-order valence-corrected chi connectivity index (χ0v) is 14.9. The van der Waals surface area contributed by atoms with Gasteiger partial charge in [0.25, 0.3) is 11.8 Å². The Morgan fingerprint density at radius 3 is 2.52 bits per heavy atom. The molecule has 0 atom stereocenters. The molecule has 0 unspecified atom stereocenters. The highest BCUT2D eigenvalue weighted by atomic mass is 32.2. The highest BCUT2D eigenvalue weighted by Gasteiger charge is 2.19. The monoisotopic (exact) mass is 358 g/mol. The van der Waals surface area contributed by atoms with Gasteiger partial charge in [0, 0.05) is 5.69 Å². The molecule has 25 heavy (non-hydrogen) atoms. The topological polar surface area (TPSA) is 111 Å². The van der Waals surface area contributed by atoms with E-state index in [0.29, 0.717) is 10.7 Å². The van der Waals surface area contributed by atoms with Crippen molar-refractivity contribution in [3.63, 3.8) is 0 Å². The largest absolute Gasteiger partial charge is 0.383 e. The van der Waals surface area contributed by atoms with Crippen LogP contribution in [-0.2, 0) is 0 Å². The van der Waals surface area contributed by atoms with Crippen LogP contribution in [0.25, 0.3) is 0 Å². The van der Waals surface area contributed by atoms with Gasteiger partial charge in [0.05, 0.1) is 11.1 Å². The summed E-state index contributed by atoms with van der Waals surface area (Å²) in [4.78, 5) is 28.4. The molecule has 5 N–H and O–H groups in total. The molecule has 0 spiro atoms. The fourth-order valence-corrected chi connectivity index (χ4v) is 3.24. The normalized spacial score (nSPS) is 10.4. The van der Waals surface area contributed by atoms with Crippen LogP contribution < -0.4 is 16.8 Å². The smallest absolute Gasteiger partial charge is 0.259 e. The van der Waals surface area contributed by atoms with Gasteiger partial charge in [-0.15, -0.1) is 11.8 Å². The number of aromatic nitrogens is 1. The number of unbranched alkanes of at least 4 members (excludes halogenated alkanes) is 2. The number of benzene rings is 1. The van der Waals surface area contributed by atoms with E-state index in [1.165, 1.54) is 17.8 Å². The van der Waals surface area contributed by atoms with Gasteiger partial charge in [-0.3, -0.25) is 9.59 Å². The molecular weight excluding hydrogens is 336 g/mol. The lowest BCUT2D eigenvalue weighted by Gasteiger charge is -2.11. The number of carbonyl (C=O) groups excluding carboxylic acids is 2. The van der Waals surface area contributed by atoms with Crippen LogP contribution in [0.4, 0.5) is 11.5 Å². The van der Waals surface area contributed by atoms with Crippen molar-refractivity contribution in [2.24, 2.45) is 5.73 Å². The third-order valence-corrected chi connectivity index (χ3v) is 4.62. The molecule has 0 aliphatic rings. The number of nitrogens with two attached hydrogens (primary N) is 2. The number of hydrogen-bond acceptors (Lipinski definition) is 5. The summed E-state index contributed by atoms with van der Waals surface area (Å²) in [6.45, 7) is 2.12. The van der Waals surface area contributed by atoms with Gasteiger partial charge in [-0.25, -0.2) is 4.98 Å². The standard InChI is InChI=1S/C18H22N4O2S/c1-2-3-7-10-25-18-14(16(20)23)11-13(15(19)22-18)17(24)21-12-8-5-4-6-9-12/h4-6,8-9,11H,2-3,7,10H2,1H3,(H2,19,22)(H2,20,23)(H,21,24). The van der Waals surface area contributed by atoms with Crippen LogP contribution in [0.3, 0.4) is 0 Å². The Morgan fingerprint density at radius 1 is 1.16 bits per heavy atom. The number of pyridine rings is 1. The van der Waals surface area contributed by atoms with Crippen LogP contribution in [-0.4, -0.2) is 22.6 Å². The minimum Gasteiger partial charge on any atom is -0.383 e. The van der Waals surface area contributed by atoms with E-state index in [1.807, 2.05) is 18.2 Å². The van der Waals surface area contributed by atoms with E-state index in [9.17, 15) is 9.59 Å². The second-order valence-electron chi connectivity index (χ2n) is 5.51. The van der Waals surface area contributed by atoms with Crippen LogP contribution in [0, 0.1) is 0 Å². The van der Waals surface area contributed by atoms with E-state index in [2.05, 4.69) is 17.2 Å². The first-order chi connectivity index (χ1) is 12.0. The summed E-state index contributed by atoms with van der Waals surface area (Å²) in [6.07, 6.45) is 3.22. The maximum atomic E-state index is 12.4. The van der Waals surface area contributed by atoms with Gasteiger partial charge in [-0.05, 0) is 30.4 Å². The van der Waals surface area contributed by atoms with Gasteiger partial charge < -0.3 is 16.8 Å². The molecule has 0 radical (unpaired) electrons. The minimum atomic E-state index is -0.626. The van der Waals surface area contributed by atoms with Crippen molar-refractivity contribution < 1.29 is 9.59 Å². The number of nitrogens with zero attached hydrogens (tertiary/aromatic N) is 1. The lowest BCUT2D eigenvalue weighted by atomic mass is 10.1. The predicted molar refractivity (Wildman–Crippen MR) is 102 cm³/mol. The number of para-hydroxylation sites is 1. The van der Waals surface area contributed by atoms with Crippen LogP contribution in [0.1, 0.15) is 46.9 Å². The number of nitrogens with one attached hydrogen (secondary N) is 1. The molecular formula is C18H22N4O2S. The number of rotatable bonds is 8. The van der Waals surface area contributed by atoms with E-state index >= 15 is 0 Å². The zero-order valence-electron chi connectivity index (χ0n) is 14.1. The van der Waals surface area contributed by atoms with E-state index in [0.717, 1.165) is 25.0 Å². The minimum absolute atomic E-state index is 0.0800. The van der Waals surface area contributed by atoms with Crippen molar-refractivity contribution in [1.29, 1.82) is 0 Å². The molecule has 2 rings (SSSR count). The third kappa shape index (κ3) is 5.22. The molecule has 0 saturated heterocycles. The summed E-state index contributed by atoms with van der Waals surface area (Å²) < 4.78 is 0. The number of primary amides is 1. The molecule has 2 aromatic rings. The fourth-order valence-electron chi connectivity index (χ4n) is 2.22. The van der Waals surface area contributed by atoms with Crippen LogP contribution in [0.5, 0.6) is 0 Å². The molecule has 1 heterocycles. The maximum Gasteiger partial charge on any atom is 0.259 e. The molecule has 2 amide bonds. The van der Waals surface area contributed by atoms with Gasteiger partial charge in [-0.2, -0.15) is 0 Å². The Labute approximate surface area is 151 Å². The summed E-state index contributed by atoms with van der Waals surface area (Å²) in [5.41, 5.74) is 12.4. The first-order valence-corrected chi connectivity index (χ1v) is 9.11. The number of carbonyl (C=O) groups is 2. The second kappa shape index (κ2) is 9.08. The van der Waals surface area contributed by atoms with Gasteiger partial charge in [0.1, 0.15) is 10.8 Å². The SMILES string of the molecule is CCCCCSc1nc(N)c(C(=O)Nc2ccccc2)cc1C(N)=O. The average Bonchev–Trinajstić information content (AvgIpc) is 2.59. The molecule has 1 aromatic carbocycles. The van der Waals surface area contributed by atoms with E-state index in [-0.39, 0.29) is 16.9 Å². The molecule has 0 saturated carbocycles. The van der Waals surface area contributed by atoms with E-state index in [1.54, 1.807) is 12.1 Å². The van der Waals surface area contributed by atoms with Crippen LogP contribution >= 0.6 is 11.8 Å². The van der Waals surface area contributed by atoms with Gasteiger partial charge in [-0.1, -0.05) is 38.0 Å². The summed E-state index contributed by atoms with van der Waals surface area (Å²) in [6, 6.07) is 10.4. The highest BCUT2D eigenvalue weighted by Crippen LogP contribution is 2.26. The molecule has 0 aliphatic carbocycles. The quantitative estimate of drug-likeness (QED) is 0.495. The third-order valence-electron chi connectivity index (χ3n) is 3.55. The molecule has 0 aliphatic heterocycles. The first-order valence-electron chi connectivity index (χ1n) is 8.12. The summed E-state index contributed by atoms with van der Waals surface area (Å²) in [7, 11) is 0. The average molecular weight is 358 g/mol. The van der Waals surface area contributed by atoms with Crippen molar-refractivity contribution in [2.45, 2.75) is 31.2 Å². The second-order valence-corrected chi connectivity index (χ2v) is 6.60. The van der Waals surface area contributed by atoms with Gasteiger partial charge in [0.2, 0.25) is 0 Å². The summed E-state index contributed by atoms with van der Waals surface area (Å²) >= 11 is 1.43. The molecule has 1 aromatic heterocycles. The molecule has 0 bridgehead atoms. The van der Waals surface area contributed by atoms with Crippen molar-refractivity contribution in [3.8, 4) is 0 Å². The Kier molecular flexibility index (Phi) is 6.82. The number of nitrogen functional groups attached to an aromatic ring is 1. The van der Waals surface area contributed by atoms with Gasteiger partial charge >= 0.3 is 0 Å². The van der Waals surface area contributed by atoms with Gasteiger partial charge in [0.15, 0.2) is 0 Å². The Bertz CT molecular complexity index is 750.